The molecule has 1 heterocycles. The minimum absolute atomic E-state index is 0.0384. The molecule has 0 saturated carbocycles. The molecule has 2 rings (SSSR count). The maximum absolute atomic E-state index is 12.2. The van der Waals surface area contributed by atoms with Crippen LogP contribution in [0.2, 0.25) is 0 Å². The van der Waals surface area contributed by atoms with E-state index in [4.69, 9.17) is 10.5 Å². The highest BCUT2D eigenvalue weighted by molar-refractivity contribution is 5.91. The Morgan fingerprint density at radius 1 is 1.25 bits per heavy atom. The molecule has 2 amide bonds. The normalized spacial score (nSPS) is 23.8. The fourth-order valence-corrected chi connectivity index (χ4v) is 3.29. The van der Waals surface area contributed by atoms with Gasteiger partial charge in [0, 0.05) is 6.42 Å². The number of carbonyl (C=O) groups excluding carboxylic acids is 2. The molecule has 1 saturated heterocycles. The average Bonchev–Trinajstić information content (AvgIpc) is 2.89. The second-order valence-electron chi connectivity index (χ2n) is 6.97. The summed E-state index contributed by atoms with van der Waals surface area (Å²) in [6, 6.07) is 8.40. The van der Waals surface area contributed by atoms with E-state index in [0.717, 1.165) is 4.90 Å². The maximum atomic E-state index is 12.2. The first kappa shape index (κ1) is 17.8. The zero-order chi connectivity index (χ0) is 18.1. The number of hydrogen-bond acceptors (Lipinski definition) is 4. The van der Waals surface area contributed by atoms with Gasteiger partial charge in [-0.25, -0.2) is 9.59 Å². The van der Waals surface area contributed by atoms with Crippen molar-refractivity contribution < 1.29 is 24.2 Å². The summed E-state index contributed by atoms with van der Waals surface area (Å²) in [4.78, 5) is 37.0. The standard InChI is InChI=1S/C17H22N2O5/c1-16(2,3)17(14(18)21)9-12(10-19(17)15(22)23)24-13(20)11-7-5-4-6-8-11/h4-8,12H,9-10H2,1-3H3,(H2,18,21)(H,22,23)/t12-,17-/m1/s1. The van der Waals surface area contributed by atoms with Crippen LogP contribution < -0.4 is 5.73 Å². The van der Waals surface area contributed by atoms with Gasteiger partial charge in [0.1, 0.15) is 11.6 Å². The molecule has 1 fully saturated rings. The van der Waals surface area contributed by atoms with Crippen LogP contribution in [-0.2, 0) is 9.53 Å². The molecule has 7 heteroatoms. The van der Waals surface area contributed by atoms with Gasteiger partial charge < -0.3 is 15.6 Å². The molecule has 2 atom stereocenters. The number of esters is 1. The van der Waals surface area contributed by atoms with E-state index < -0.39 is 35.0 Å². The molecular weight excluding hydrogens is 312 g/mol. The van der Waals surface area contributed by atoms with E-state index >= 15 is 0 Å². The highest BCUT2D eigenvalue weighted by Gasteiger charge is 2.60. The van der Waals surface area contributed by atoms with Gasteiger partial charge in [-0.05, 0) is 17.5 Å². The van der Waals surface area contributed by atoms with Crippen molar-refractivity contribution in [2.75, 3.05) is 6.54 Å². The number of nitrogens with two attached hydrogens (primary N) is 1. The topological polar surface area (TPSA) is 110 Å². The van der Waals surface area contributed by atoms with Gasteiger partial charge in [-0.15, -0.1) is 0 Å². The van der Waals surface area contributed by atoms with Crippen LogP contribution in [0.1, 0.15) is 37.6 Å². The number of amides is 2. The van der Waals surface area contributed by atoms with E-state index in [1.807, 2.05) is 0 Å². The number of ether oxygens (including phenoxy) is 1. The summed E-state index contributed by atoms with van der Waals surface area (Å²) in [5, 5.41) is 9.51. The number of benzene rings is 1. The fraction of sp³-hybridized carbons (Fsp3) is 0.471. The molecule has 0 unspecified atom stereocenters. The Kier molecular flexibility index (Phi) is 4.55. The number of rotatable bonds is 3. The first-order chi connectivity index (χ1) is 11.1. The Balaban J connectivity index is 2.29. The van der Waals surface area contributed by atoms with Crippen LogP contribution in [0.5, 0.6) is 0 Å². The first-order valence-electron chi connectivity index (χ1n) is 7.66. The summed E-state index contributed by atoms with van der Waals surface area (Å²) in [5.41, 5.74) is 3.76. The van der Waals surface area contributed by atoms with Gasteiger partial charge in [-0.3, -0.25) is 9.69 Å². The summed E-state index contributed by atoms with van der Waals surface area (Å²) in [5.74, 6) is -1.30. The predicted octanol–water partition coefficient (Wildman–Crippen LogP) is 1.87. The summed E-state index contributed by atoms with van der Waals surface area (Å²) in [6.07, 6.45) is -1.96. The Hall–Kier alpha value is -2.57. The zero-order valence-corrected chi connectivity index (χ0v) is 14.0. The van der Waals surface area contributed by atoms with Gasteiger partial charge in [0.15, 0.2) is 0 Å². The van der Waals surface area contributed by atoms with E-state index in [-0.39, 0.29) is 13.0 Å². The van der Waals surface area contributed by atoms with Crippen LogP contribution >= 0.6 is 0 Å². The van der Waals surface area contributed by atoms with Crippen molar-refractivity contribution in [1.82, 2.24) is 4.90 Å². The molecule has 0 aliphatic carbocycles. The lowest BCUT2D eigenvalue weighted by Gasteiger charge is -2.43. The number of carbonyl (C=O) groups is 3. The van der Waals surface area contributed by atoms with Crippen LogP contribution in [0.15, 0.2) is 30.3 Å². The van der Waals surface area contributed by atoms with Crippen LogP contribution in [0.25, 0.3) is 0 Å². The summed E-state index contributed by atoms with van der Waals surface area (Å²) in [7, 11) is 0. The molecule has 0 aromatic heterocycles. The third-order valence-corrected chi connectivity index (χ3v) is 4.53. The van der Waals surface area contributed by atoms with Crippen molar-refractivity contribution in [3.05, 3.63) is 35.9 Å². The molecule has 1 aliphatic rings. The quantitative estimate of drug-likeness (QED) is 0.820. The second kappa shape index (κ2) is 6.14. The van der Waals surface area contributed by atoms with Crippen molar-refractivity contribution >= 4 is 18.0 Å². The lowest BCUT2D eigenvalue weighted by atomic mass is 9.71. The van der Waals surface area contributed by atoms with Crippen molar-refractivity contribution in [3.63, 3.8) is 0 Å². The lowest BCUT2D eigenvalue weighted by Crippen LogP contribution is -2.62. The van der Waals surface area contributed by atoms with Crippen molar-refractivity contribution in [1.29, 1.82) is 0 Å². The van der Waals surface area contributed by atoms with Crippen molar-refractivity contribution in [2.45, 2.75) is 38.8 Å². The highest BCUT2D eigenvalue weighted by atomic mass is 16.5. The first-order valence-corrected chi connectivity index (χ1v) is 7.66. The number of nitrogens with zero attached hydrogens (tertiary/aromatic N) is 1. The second-order valence-corrected chi connectivity index (χ2v) is 6.97. The Morgan fingerprint density at radius 3 is 2.25 bits per heavy atom. The molecule has 3 N–H and O–H groups in total. The van der Waals surface area contributed by atoms with Gasteiger partial charge >= 0.3 is 12.1 Å². The lowest BCUT2D eigenvalue weighted by molar-refractivity contribution is -0.134. The summed E-state index contributed by atoms with van der Waals surface area (Å²) >= 11 is 0. The minimum atomic E-state index is -1.43. The smallest absolute Gasteiger partial charge is 0.408 e. The van der Waals surface area contributed by atoms with Crippen LogP contribution in [-0.4, -0.2) is 46.2 Å². The van der Waals surface area contributed by atoms with Crippen molar-refractivity contribution in [2.24, 2.45) is 11.1 Å². The zero-order valence-electron chi connectivity index (χ0n) is 14.0. The largest absolute Gasteiger partial charge is 0.465 e. The van der Waals surface area contributed by atoms with E-state index in [2.05, 4.69) is 0 Å². The molecular formula is C17H22N2O5. The molecule has 0 bridgehead atoms. The van der Waals surface area contributed by atoms with Gasteiger partial charge in [-0.1, -0.05) is 39.0 Å². The van der Waals surface area contributed by atoms with E-state index in [1.165, 1.54) is 0 Å². The fourth-order valence-electron chi connectivity index (χ4n) is 3.29. The Morgan fingerprint density at radius 2 is 1.83 bits per heavy atom. The number of carboxylic acid groups (broad SMARTS) is 1. The maximum Gasteiger partial charge on any atom is 0.408 e. The molecule has 0 spiro atoms. The molecule has 7 nitrogen and oxygen atoms in total. The minimum Gasteiger partial charge on any atom is -0.465 e. The van der Waals surface area contributed by atoms with Gasteiger partial charge in [-0.2, -0.15) is 0 Å². The van der Waals surface area contributed by atoms with Crippen molar-refractivity contribution in [3.8, 4) is 0 Å². The van der Waals surface area contributed by atoms with E-state index in [0.29, 0.717) is 5.56 Å². The van der Waals surface area contributed by atoms with Crippen LogP contribution in [0, 0.1) is 5.41 Å². The van der Waals surface area contributed by atoms with Gasteiger partial charge in [0.25, 0.3) is 0 Å². The Labute approximate surface area is 140 Å². The molecule has 1 aromatic carbocycles. The molecule has 1 aromatic rings. The number of primary amides is 1. The monoisotopic (exact) mass is 334 g/mol. The van der Waals surface area contributed by atoms with E-state index in [1.54, 1.807) is 51.1 Å². The molecule has 1 aliphatic heterocycles. The third kappa shape index (κ3) is 2.93. The highest BCUT2D eigenvalue weighted by Crippen LogP contribution is 2.44. The van der Waals surface area contributed by atoms with Crippen LogP contribution in [0.3, 0.4) is 0 Å². The van der Waals surface area contributed by atoms with Crippen LogP contribution in [0.4, 0.5) is 4.79 Å². The third-order valence-electron chi connectivity index (χ3n) is 4.53. The van der Waals surface area contributed by atoms with Gasteiger partial charge in [0.2, 0.25) is 5.91 Å². The summed E-state index contributed by atoms with van der Waals surface area (Å²) < 4.78 is 5.43. The Bertz CT molecular complexity index is 653. The predicted molar refractivity (Wildman–Crippen MR) is 86.4 cm³/mol. The number of hydrogen-bond donors (Lipinski definition) is 2. The SMILES string of the molecule is CC(C)(C)[C@]1(C(N)=O)C[C@@H](OC(=O)c2ccccc2)CN1C(=O)O. The average molecular weight is 334 g/mol. The summed E-state index contributed by atoms with van der Waals surface area (Å²) in [6.45, 7) is 5.15. The molecule has 130 valence electrons. The molecule has 24 heavy (non-hydrogen) atoms. The number of likely N-dealkylation sites (tertiary alicyclic amines) is 1. The molecule has 0 radical (unpaired) electrons. The van der Waals surface area contributed by atoms with E-state index in [9.17, 15) is 19.5 Å². The van der Waals surface area contributed by atoms with Gasteiger partial charge in [0.05, 0.1) is 12.1 Å².